The zero-order chi connectivity index (χ0) is 12.3. The van der Waals surface area contributed by atoms with Gasteiger partial charge in [0.1, 0.15) is 5.78 Å². The molecule has 2 atom stereocenters. The van der Waals surface area contributed by atoms with E-state index in [2.05, 4.69) is 0 Å². The minimum atomic E-state index is -1.13. The molecule has 1 aromatic rings. The van der Waals surface area contributed by atoms with Gasteiger partial charge in [-0.3, -0.25) is 9.00 Å². The third kappa shape index (κ3) is 3.17. The fourth-order valence-electron chi connectivity index (χ4n) is 2.10. The van der Waals surface area contributed by atoms with E-state index in [-0.39, 0.29) is 11.0 Å². The summed E-state index contributed by atoms with van der Waals surface area (Å²) in [5.74, 6) is 0.539. The normalized spacial score (nSPS) is 22.4. The van der Waals surface area contributed by atoms with Gasteiger partial charge in [-0.05, 0) is 24.5 Å². The molecule has 0 heterocycles. The van der Waals surface area contributed by atoms with Gasteiger partial charge in [0.05, 0.1) is 11.0 Å². The standard InChI is InChI=1S/C13H15ClO2S/c14-11-6-2-1-5-10(11)9-17(16)13-8-4-3-7-12(13)15/h1-2,5-6,13H,3-4,7-9H2. The van der Waals surface area contributed by atoms with E-state index in [1.807, 2.05) is 18.2 Å². The summed E-state index contributed by atoms with van der Waals surface area (Å²) in [4.78, 5) is 11.7. The van der Waals surface area contributed by atoms with E-state index >= 15 is 0 Å². The summed E-state index contributed by atoms with van der Waals surface area (Å²) < 4.78 is 12.2. The van der Waals surface area contributed by atoms with E-state index in [1.165, 1.54) is 0 Å². The molecular formula is C13H15ClO2S. The molecule has 0 spiro atoms. The lowest BCUT2D eigenvalue weighted by Crippen LogP contribution is -2.29. The number of hydrogen-bond acceptors (Lipinski definition) is 2. The summed E-state index contributed by atoms with van der Waals surface area (Å²) in [5.41, 5.74) is 0.867. The zero-order valence-corrected chi connectivity index (χ0v) is 11.1. The van der Waals surface area contributed by atoms with Crippen LogP contribution in [0.5, 0.6) is 0 Å². The average Bonchev–Trinajstić information content (AvgIpc) is 2.32. The van der Waals surface area contributed by atoms with E-state index in [0.717, 1.165) is 24.8 Å². The van der Waals surface area contributed by atoms with E-state index < -0.39 is 10.8 Å². The molecular weight excluding hydrogens is 256 g/mol. The maximum Gasteiger partial charge on any atom is 0.148 e. The first-order chi connectivity index (χ1) is 8.18. The third-order valence-corrected chi connectivity index (χ3v) is 5.17. The summed E-state index contributed by atoms with van der Waals surface area (Å²) in [7, 11) is -1.13. The van der Waals surface area contributed by atoms with Gasteiger partial charge in [0.2, 0.25) is 0 Å². The number of halogens is 1. The van der Waals surface area contributed by atoms with Crippen LogP contribution in [-0.2, 0) is 21.3 Å². The molecule has 0 radical (unpaired) electrons. The van der Waals surface area contributed by atoms with Gasteiger partial charge in [-0.25, -0.2) is 0 Å². The van der Waals surface area contributed by atoms with Crippen molar-refractivity contribution in [1.82, 2.24) is 0 Å². The van der Waals surface area contributed by atoms with Crippen LogP contribution in [0.2, 0.25) is 5.02 Å². The lowest BCUT2D eigenvalue weighted by Gasteiger charge is -2.20. The predicted octanol–water partition coefficient (Wildman–Crippen LogP) is 3.10. The summed E-state index contributed by atoms with van der Waals surface area (Å²) in [6.07, 6.45) is 3.29. The van der Waals surface area contributed by atoms with E-state index in [0.29, 0.717) is 17.2 Å². The molecule has 1 aromatic carbocycles. The van der Waals surface area contributed by atoms with Gasteiger partial charge < -0.3 is 0 Å². The van der Waals surface area contributed by atoms with Crippen molar-refractivity contribution in [3.63, 3.8) is 0 Å². The molecule has 2 unspecified atom stereocenters. The van der Waals surface area contributed by atoms with Gasteiger partial charge in [-0.15, -0.1) is 0 Å². The van der Waals surface area contributed by atoms with Crippen LogP contribution >= 0.6 is 11.6 Å². The predicted molar refractivity (Wildman–Crippen MR) is 70.6 cm³/mol. The number of carbonyl (C=O) groups excluding carboxylic acids is 1. The van der Waals surface area contributed by atoms with Crippen LogP contribution in [0, 0.1) is 0 Å². The fourth-order valence-corrected chi connectivity index (χ4v) is 3.98. The Morgan fingerprint density at radius 3 is 2.76 bits per heavy atom. The number of Topliss-reactive ketones (excluding diaryl/α,β-unsaturated/α-hetero) is 1. The number of hydrogen-bond donors (Lipinski definition) is 0. The quantitative estimate of drug-likeness (QED) is 0.846. The topological polar surface area (TPSA) is 34.1 Å². The van der Waals surface area contributed by atoms with Crippen molar-refractivity contribution in [3.8, 4) is 0 Å². The highest BCUT2D eigenvalue weighted by Gasteiger charge is 2.27. The van der Waals surface area contributed by atoms with Gasteiger partial charge in [0.15, 0.2) is 0 Å². The lowest BCUT2D eigenvalue weighted by molar-refractivity contribution is -0.119. The van der Waals surface area contributed by atoms with Crippen LogP contribution in [0.1, 0.15) is 31.2 Å². The summed E-state index contributed by atoms with van der Waals surface area (Å²) >= 11 is 6.02. The first-order valence-electron chi connectivity index (χ1n) is 5.82. The van der Waals surface area contributed by atoms with Crippen LogP contribution in [0.25, 0.3) is 0 Å². The zero-order valence-electron chi connectivity index (χ0n) is 9.52. The number of rotatable bonds is 3. The van der Waals surface area contributed by atoms with Gasteiger partial charge in [0, 0.05) is 22.2 Å². The van der Waals surface area contributed by atoms with Crippen LogP contribution in [-0.4, -0.2) is 15.2 Å². The second-order valence-electron chi connectivity index (χ2n) is 4.32. The maximum absolute atomic E-state index is 12.2. The van der Waals surface area contributed by atoms with Crippen molar-refractivity contribution in [1.29, 1.82) is 0 Å². The molecule has 0 N–H and O–H groups in total. The Balaban J connectivity index is 2.06. The average molecular weight is 271 g/mol. The van der Waals surface area contributed by atoms with Gasteiger partial charge in [-0.1, -0.05) is 36.2 Å². The second-order valence-corrected chi connectivity index (χ2v) is 6.34. The lowest BCUT2D eigenvalue weighted by atomic mass is 9.99. The van der Waals surface area contributed by atoms with Crippen molar-refractivity contribution >= 4 is 28.2 Å². The third-order valence-electron chi connectivity index (χ3n) is 3.07. The summed E-state index contributed by atoms with van der Waals surface area (Å²) in [6, 6.07) is 7.38. The van der Waals surface area contributed by atoms with Crippen molar-refractivity contribution in [2.45, 2.75) is 36.7 Å². The molecule has 1 fully saturated rings. The molecule has 17 heavy (non-hydrogen) atoms. The Morgan fingerprint density at radius 2 is 2.06 bits per heavy atom. The Kier molecular flexibility index (Phi) is 4.35. The van der Waals surface area contributed by atoms with E-state index in [4.69, 9.17) is 11.6 Å². The number of ketones is 1. The Labute approximate surface area is 109 Å². The maximum atomic E-state index is 12.2. The molecule has 1 saturated carbocycles. The van der Waals surface area contributed by atoms with Crippen molar-refractivity contribution in [2.24, 2.45) is 0 Å². The van der Waals surface area contributed by atoms with E-state index in [1.54, 1.807) is 6.07 Å². The van der Waals surface area contributed by atoms with E-state index in [9.17, 15) is 9.00 Å². The van der Waals surface area contributed by atoms with Crippen molar-refractivity contribution < 1.29 is 9.00 Å². The SMILES string of the molecule is O=C1CCCCC1S(=O)Cc1ccccc1Cl. The molecule has 0 saturated heterocycles. The van der Waals surface area contributed by atoms with Crippen LogP contribution in [0.3, 0.4) is 0 Å². The highest BCUT2D eigenvalue weighted by Crippen LogP contribution is 2.23. The molecule has 2 rings (SSSR count). The monoisotopic (exact) mass is 270 g/mol. The molecule has 0 aliphatic heterocycles. The van der Waals surface area contributed by atoms with Gasteiger partial charge in [-0.2, -0.15) is 0 Å². The van der Waals surface area contributed by atoms with Crippen LogP contribution in [0.4, 0.5) is 0 Å². The fraction of sp³-hybridized carbons (Fsp3) is 0.462. The molecule has 2 nitrogen and oxygen atoms in total. The molecule has 0 aromatic heterocycles. The Hall–Kier alpha value is -0.670. The van der Waals surface area contributed by atoms with Crippen LogP contribution in [0.15, 0.2) is 24.3 Å². The Bertz CT molecular complexity index is 445. The molecule has 1 aliphatic carbocycles. The highest BCUT2D eigenvalue weighted by molar-refractivity contribution is 7.85. The molecule has 0 bridgehead atoms. The largest absolute Gasteiger partial charge is 0.298 e. The minimum Gasteiger partial charge on any atom is -0.298 e. The first kappa shape index (κ1) is 12.8. The summed E-state index contributed by atoms with van der Waals surface area (Å²) in [6.45, 7) is 0. The molecule has 4 heteroatoms. The first-order valence-corrected chi connectivity index (χ1v) is 7.58. The van der Waals surface area contributed by atoms with Gasteiger partial charge in [0.25, 0.3) is 0 Å². The molecule has 0 amide bonds. The molecule has 92 valence electrons. The van der Waals surface area contributed by atoms with Crippen molar-refractivity contribution in [2.75, 3.05) is 0 Å². The Morgan fingerprint density at radius 1 is 1.29 bits per heavy atom. The minimum absolute atomic E-state index is 0.154. The number of carbonyl (C=O) groups is 1. The smallest absolute Gasteiger partial charge is 0.148 e. The second kappa shape index (κ2) is 5.78. The highest BCUT2D eigenvalue weighted by atomic mass is 35.5. The summed E-state index contributed by atoms with van der Waals surface area (Å²) in [5, 5.41) is 0.351. The number of benzene rings is 1. The molecule has 1 aliphatic rings. The van der Waals surface area contributed by atoms with Gasteiger partial charge >= 0.3 is 0 Å². The van der Waals surface area contributed by atoms with Crippen molar-refractivity contribution in [3.05, 3.63) is 34.9 Å². The van der Waals surface area contributed by atoms with Crippen LogP contribution < -0.4 is 0 Å².